The zero-order valence-electron chi connectivity index (χ0n) is 9.99. The smallest absolute Gasteiger partial charge is 0.241 e. The highest BCUT2D eigenvalue weighted by atomic mass is 79.9. The van der Waals surface area contributed by atoms with E-state index in [1.54, 1.807) is 0 Å². The van der Waals surface area contributed by atoms with Crippen molar-refractivity contribution < 1.29 is 12.8 Å². The summed E-state index contributed by atoms with van der Waals surface area (Å²) in [5, 5.41) is 0. The first kappa shape index (κ1) is 15.6. The molecule has 0 aliphatic rings. The Bertz CT molecular complexity index is 508. The summed E-state index contributed by atoms with van der Waals surface area (Å²) < 4.78 is 39.8. The van der Waals surface area contributed by atoms with Crippen LogP contribution in [0.1, 0.15) is 19.8 Å². The van der Waals surface area contributed by atoms with Crippen molar-refractivity contribution in [1.82, 2.24) is 4.72 Å². The molecule has 1 aromatic rings. The molecule has 0 spiro atoms. The van der Waals surface area contributed by atoms with Crippen LogP contribution in [-0.2, 0) is 10.0 Å². The normalized spacial score (nSPS) is 13.6. The molecule has 0 aromatic heterocycles. The lowest BCUT2D eigenvalue weighted by molar-refractivity contribution is 0.526. The maximum atomic E-state index is 12.9. The molecular weight excluding hydrogens is 323 g/mol. The Balaban J connectivity index is 2.99. The van der Waals surface area contributed by atoms with E-state index in [4.69, 9.17) is 5.73 Å². The SMILES string of the molecule is CCCC(CN)NS(=O)(=O)c1ccc(F)cc1Br. The molecule has 0 amide bonds. The molecule has 4 nitrogen and oxygen atoms in total. The van der Waals surface area contributed by atoms with Crippen LogP contribution in [0, 0.1) is 5.82 Å². The number of nitrogens with one attached hydrogen (secondary N) is 1. The average molecular weight is 339 g/mol. The topological polar surface area (TPSA) is 72.2 Å². The third-order valence-corrected chi connectivity index (χ3v) is 4.92. The number of rotatable bonds is 6. The van der Waals surface area contributed by atoms with E-state index in [2.05, 4.69) is 20.7 Å². The molecule has 102 valence electrons. The summed E-state index contributed by atoms with van der Waals surface area (Å²) >= 11 is 3.04. The third-order valence-electron chi connectivity index (χ3n) is 2.43. The zero-order valence-corrected chi connectivity index (χ0v) is 12.4. The van der Waals surface area contributed by atoms with Crippen LogP contribution in [-0.4, -0.2) is 21.0 Å². The lowest BCUT2D eigenvalue weighted by Gasteiger charge is -2.16. The Kier molecular flexibility index (Phi) is 5.71. The number of benzene rings is 1. The quantitative estimate of drug-likeness (QED) is 0.833. The summed E-state index contributed by atoms with van der Waals surface area (Å²) in [6, 6.07) is 3.14. The minimum Gasteiger partial charge on any atom is -0.329 e. The van der Waals surface area contributed by atoms with Gasteiger partial charge < -0.3 is 5.73 Å². The molecule has 18 heavy (non-hydrogen) atoms. The number of nitrogens with two attached hydrogens (primary N) is 1. The zero-order chi connectivity index (χ0) is 13.8. The number of hydrogen-bond acceptors (Lipinski definition) is 3. The largest absolute Gasteiger partial charge is 0.329 e. The first-order valence-electron chi connectivity index (χ1n) is 5.58. The van der Waals surface area contributed by atoms with Crippen LogP contribution >= 0.6 is 15.9 Å². The van der Waals surface area contributed by atoms with Gasteiger partial charge in [-0.3, -0.25) is 0 Å². The van der Waals surface area contributed by atoms with E-state index in [-0.39, 0.29) is 22.0 Å². The van der Waals surface area contributed by atoms with Crippen LogP contribution in [0.15, 0.2) is 27.6 Å². The number of sulfonamides is 1. The van der Waals surface area contributed by atoms with Gasteiger partial charge in [-0.1, -0.05) is 13.3 Å². The van der Waals surface area contributed by atoms with Crippen LogP contribution < -0.4 is 10.5 Å². The van der Waals surface area contributed by atoms with E-state index < -0.39 is 15.8 Å². The first-order valence-corrected chi connectivity index (χ1v) is 7.85. The van der Waals surface area contributed by atoms with Crippen molar-refractivity contribution in [2.75, 3.05) is 6.54 Å². The van der Waals surface area contributed by atoms with Gasteiger partial charge in [0.25, 0.3) is 0 Å². The average Bonchev–Trinajstić information content (AvgIpc) is 2.27. The van der Waals surface area contributed by atoms with Gasteiger partial charge in [-0.15, -0.1) is 0 Å². The minimum absolute atomic E-state index is 0.0125. The van der Waals surface area contributed by atoms with E-state index in [1.165, 1.54) is 6.07 Å². The fourth-order valence-electron chi connectivity index (χ4n) is 1.55. The van der Waals surface area contributed by atoms with Crippen molar-refractivity contribution in [3.63, 3.8) is 0 Å². The summed E-state index contributed by atoms with van der Waals surface area (Å²) in [4.78, 5) is 0.0125. The van der Waals surface area contributed by atoms with Crippen LogP contribution in [0.4, 0.5) is 4.39 Å². The second-order valence-electron chi connectivity index (χ2n) is 3.92. The van der Waals surface area contributed by atoms with Crippen molar-refractivity contribution in [2.24, 2.45) is 5.73 Å². The fourth-order valence-corrected chi connectivity index (χ4v) is 3.88. The van der Waals surface area contributed by atoms with Gasteiger partial charge in [0.05, 0.1) is 4.90 Å². The maximum Gasteiger partial charge on any atom is 0.241 e. The standard InChI is InChI=1S/C11H16BrFN2O2S/c1-2-3-9(7-14)15-18(16,17)11-5-4-8(13)6-10(11)12/h4-6,9,15H,2-3,7,14H2,1H3. The second-order valence-corrected chi connectivity index (χ2v) is 6.45. The van der Waals surface area contributed by atoms with Gasteiger partial charge in [-0.25, -0.2) is 17.5 Å². The summed E-state index contributed by atoms with van der Waals surface area (Å²) in [6.45, 7) is 2.18. The van der Waals surface area contributed by atoms with Crippen molar-refractivity contribution in [3.05, 3.63) is 28.5 Å². The monoisotopic (exact) mass is 338 g/mol. The molecule has 7 heteroatoms. The lowest BCUT2D eigenvalue weighted by atomic mass is 10.2. The molecule has 1 unspecified atom stereocenters. The van der Waals surface area contributed by atoms with E-state index in [1.807, 2.05) is 6.92 Å². The van der Waals surface area contributed by atoms with Gasteiger partial charge in [0, 0.05) is 17.1 Å². The van der Waals surface area contributed by atoms with Crippen LogP contribution in [0.5, 0.6) is 0 Å². The van der Waals surface area contributed by atoms with Crippen LogP contribution in [0.2, 0.25) is 0 Å². The molecule has 0 fully saturated rings. The third kappa shape index (κ3) is 4.01. The lowest BCUT2D eigenvalue weighted by Crippen LogP contribution is -2.40. The summed E-state index contributed by atoms with van der Waals surface area (Å²) in [5.41, 5.74) is 5.51. The van der Waals surface area contributed by atoms with Crippen molar-refractivity contribution >= 4 is 26.0 Å². The van der Waals surface area contributed by atoms with Crippen molar-refractivity contribution in [3.8, 4) is 0 Å². The van der Waals surface area contributed by atoms with Crippen LogP contribution in [0.25, 0.3) is 0 Å². The molecular formula is C11H16BrFN2O2S. The first-order chi connectivity index (χ1) is 8.40. The van der Waals surface area contributed by atoms with E-state index in [0.29, 0.717) is 6.42 Å². The fraction of sp³-hybridized carbons (Fsp3) is 0.455. The van der Waals surface area contributed by atoms with Gasteiger partial charge in [-0.05, 0) is 40.5 Å². The Labute approximate surface area is 115 Å². The molecule has 0 radical (unpaired) electrons. The van der Waals surface area contributed by atoms with Gasteiger partial charge in [0.15, 0.2) is 0 Å². The molecule has 0 aliphatic carbocycles. The number of halogens is 2. The van der Waals surface area contributed by atoms with E-state index in [9.17, 15) is 12.8 Å². The molecule has 1 aromatic carbocycles. The van der Waals surface area contributed by atoms with Crippen LogP contribution in [0.3, 0.4) is 0 Å². The summed E-state index contributed by atoms with van der Waals surface area (Å²) in [5.74, 6) is -0.496. The minimum atomic E-state index is -3.68. The molecule has 0 aliphatic heterocycles. The van der Waals surface area contributed by atoms with E-state index >= 15 is 0 Å². The van der Waals surface area contributed by atoms with Gasteiger partial charge in [0.2, 0.25) is 10.0 Å². The molecule has 0 heterocycles. The predicted octanol–water partition coefficient (Wildman–Crippen LogP) is 1.99. The molecule has 0 saturated heterocycles. The molecule has 1 atom stereocenters. The maximum absolute atomic E-state index is 12.9. The highest BCUT2D eigenvalue weighted by Gasteiger charge is 2.21. The summed E-state index contributed by atoms with van der Waals surface area (Å²) in [7, 11) is -3.68. The number of hydrogen-bond donors (Lipinski definition) is 2. The molecule has 3 N–H and O–H groups in total. The second kappa shape index (κ2) is 6.60. The predicted molar refractivity (Wildman–Crippen MR) is 72.2 cm³/mol. The Morgan fingerprint density at radius 3 is 2.67 bits per heavy atom. The van der Waals surface area contributed by atoms with Gasteiger partial charge in [0.1, 0.15) is 5.82 Å². The Hall–Kier alpha value is -0.500. The Morgan fingerprint density at radius 2 is 2.17 bits per heavy atom. The molecule has 1 rings (SSSR count). The van der Waals surface area contributed by atoms with Gasteiger partial charge in [-0.2, -0.15) is 0 Å². The van der Waals surface area contributed by atoms with E-state index in [0.717, 1.165) is 18.6 Å². The van der Waals surface area contributed by atoms with Crippen molar-refractivity contribution in [1.29, 1.82) is 0 Å². The van der Waals surface area contributed by atoms with Crippen molar-refractivity contribution in [2.45, 2.75) is 30.7 Å². The molecule has 0 saturated carbocycles. The highest BCUT2D eigenvalue weighted by molar-refractivity contribution is 9.10. The van der Waals surface area contributed by atoms with Gasteiger partial charge >= 0.3 is 0 Å². The molecule has 0 bridgehead atoms. The summed E-state index contributed by atoms with van der Waals surface area (Å²) in [6.07, 6.45) is 1.49. The Morgan fingerprint density at radius 1 is 1.50 bits per heavy atom. The highest BCUT2D eigenvalue weighted by Crippen LogP contribution is 2.23.